The Hall–Kier alpha value is -2.46. The SMILES string of the molecule is CNC1CCC(N(C)c2ncnc3ccc(-c4ccccc4)cc23)CC1. The number of hydrogen-bond acceptors (Lipinski definition) is 4. The van der Waals surface area contributed by atoms with Crippen LogP contribution >= 0.6 is 0 Å². The first-order valence-corrected chi connectivity index (χ1v) is 9.46. The molecular formula is C22H26N4. The van der Waals surface area contributed by atoms with Crippen molar-refractivity contribution in [3.8, 4) is 11.1 Å². The molecule has 1 aliphatic rings. The van der Waals surface area contributed by atoms with Gasteiger partial charge in [-0.2, -0.15) is 0 Å². The van der Waals surface area contributed by atoms with E-state index in [1.165, 1.54) is 36.8 Å². The van der Waals surface area contributed by atoms with Crippen molar-refractivity contribution in [1.29, 1.82) is 0 Å². The Kier molecular flexibility index (Phi) is 4.85. The fourth-order valence-corrected chi connectivity index (χ4v) is 4.06. The largest absolute Gasteiger partial charge is 0.356 e. The molecule has 0 radical (unpaired) electrons. The van der Waals surface area contributed by atoms with Crippen molar-refractivity contribution < 1.29 is 0 Å². The second kappa shape index (κ2) is 7.42. The third-order valence-electron chi connectivity index (χ3n) is 5.71. The second-order valence-corrected chi connectivity index (χ2v) is 7.20. The zero-order valence-corrected chi connectivity index (χ0v) is 15.5. The lowest BCUT2D eigenvalue weighted by molar-refractivity contribution is 0.351. The maximum Gasteiger partial charge on any atom is 0.139 e. The van der Waals surface area contributed by atoms with E-state index in [2.05, 4.69) is 76.7 Å². The zero-order chi connectivity index (χ0) is 17.9. The van der Waals surface area contributed by atoms with Crippen LogP contribution < -0.4 is 10.2 Å². The number of benzene rings is 2. The molecule has 134 valence electrons. The van der Waals surface area contributed by atoms with Crippen LogP contribution in [0.2, 0.25) is 0 Å². The average Bonchev–Trinajstić information content (AvgIpc) is 2.73. The van der Waals surface area contributed by atoms with E-state index in [1.54, 1.807) is 6.33 Å². The van der Waals surface area contributed by atoms with Crippen molar-refractivity contribution in [3.63, 3.8) is 0 Å². The van der Waals surface area contributed by atoms with Crippen molar-refractivity contribution in [2.45, 2.75) is 37.8 Å². The highest BCUT2D eigenvalue weighted by Gasteiger charge is 2.25. The molecule has 1 saturated carbocycles. The number of aromatic nitrogens is 2. The Morgan fingerprint density at radius 3 is 2.42 bits per heavy atom. The molecule has 0 atom stereocenters. The van der Waals surface area contributed by atoms with Crippen molar-refractivity contribution in [1.82, 2.24) is 15.3 Å². The first kappa shape index (κ1) is 17.0. The summed E-state index contributed by atoms with van der Waals surface area (Å²) in [6, 6.07) is 18.2. The standard InChI is InChI=1S/C22H26N4/c1-23-18-9-11-19(12-10-18)26(2)22-20-14-17(16-6-4-3-5-7-16)8-13-21(20)24-15-25-22/h3-8,13-15,18-19,23H,9-12H2,1-2H3. The second-order valence-electron chi connectivity index (χ2n) is 7.20. The Balaban J connectivity index is 1.68. The lowest BCUT2D eigenvalue weighted by atomic mass is 9.90. The third kappa shape index (κ3) is 3.29. The molecule has 26 heavy (non-hydrogen) atoms. The molecular weight excluding hydrogens is 320 g/mol. The molecule has 0 spiro atoms. The van der Waals surface area contributed by atoms with E-state index in [0.717, 1.165) is 16.7 Å². The van der Waals surface area contributed by atoms with Gasteiger partial charge in [0.15, 0.2) is 0 Å². The minimum absolute atomic E-state index is 0.540. The molecule has 0 unspecified atom stereocenters. The zero-order valence-electron chi connectivity index (χ0n) is 15.5. The summed E-state index contributed by atoms with van der Waals surface area (Å²) in [6.07, 6.45) is 6.54. The van der Waals surface area contributed by atoms with Gasteiger partial charge in [0.05, 0.1) is 5.52 Å². The minimum atomic E-state index is 0.540. The van der Waals surface area contributed by atoms with Crippen LogP contribution in [0.4, 0.5) is 5.82 Å². The van der Waals surface area contributed by atoms with Crippen LogP contribution in [0.1, 0.15) is 25.7 Å². The summed E-state index contributed by atoms with van der Waals surface area (Å²) in [5.41, 5.74) is 3.44. The fourth-order valence-electron chi connectivity index (χ4n) is 4.06. The van der Waals surface area contributed by atoms with Crippen molar-refractivity contribution in [2.75, 3.05) is 19.0 Å². The van der Waals surface area contributed by atoms with Gasteiger partial charge in [-0.3, -0.25) is 0 Å². The van der Waals surface area contributed by atoms with Gasteiger partial charge in [-0.15, -0.1) is 0 Å². The van der Waals surface area contributed by atoms with Gasteiger partial charge in [0, 0.05) is 24.5 Å². The first-order chi connectivity index (χ1) is 12.8. The van der Waals surface area contributed by atoms with Crippen LogP contribution in [-0.4, -0.2) is 36.1 Å². The number of nitrogens with zero attached hydrogens (tertiary/aromatic N) is 3. The molecule has 0 amide bonds. The Labute approximate surface area is 155 Å². The van der Waals surface area contributed by atoms with Crippen LogP contribution in [0, 0.1) is 0 Å². The van der Waals surface area contributed by atoms with Crippen LogP contribution in [0.25, 0.3) is 22.0 Å². The topological polar surface area (TPSA) is 41.0 Å². The Morgan fingerprint density at radius 2 is 1.69 bits per heavy atom. The number of anilines is 1. The number of hydrogen-bond donors (Lipinski definition) is 1. The van der Waals surface area contributed by atoms with E-state index in [0.29, 0.717) is 12.1 Å². The minimum Gasteiger partial charge on any atom is -0.356 e. The summed E-state index contributed by atoms with van der Waals surface area (Å²) in [5, 5.41) is 4.55. The lowest BCUT2D eigenvalue weighted by Gasteiger charge is -2.35. The first-order valence-electron chi connectivity index (χ1n) is 9.46. The maximum atomic E-state index is 4.66. The van der Waals surface area contributed by atoms with Crippen LogP contribution in [0.15, 0.2) is 54.9 Å². The van der Waals surface area contributed by atoms with Gasteiger partial charge >= 0.3 is 0 Å². The molecule has 0 bridgehead atoms. The summed E-state index contributed by atoms with van der Waals surface area (Å²) >= 11 is 0. The van der Waals surface area contributed by atoms with Gasteiger partial charge < -0.3 is 10.2 Å². The van der Waals surface area contributed by atoms with Crippen LogP contribution in [0.5, 0.6) is 0 Å². The predicted octanol–water partition coefficient (Wildman–Crippen LogP) is 4.26. The molecule has 4 nitrogen and oxygen atoms in total. The molecule has 1 fully saturated rings. The number of nitrogens with one attached hydrogen (secondary N) is 1. The van der Waals surface area contributed by atoms with Crippen molar-refractivity contribution in [2.24, 2.45) is 0 Å². The lowest BCUT2D eigenvalue weighted by Crippen LogP contribution is -2.40. The summed E-state index contributed by atoms with van der Waals surface area (Å²) in [5.74, 6) is 1.04. The Morgan fingerprint density at radius 1 is 0.923 bits per heavy atom. The molecule has 0 aliphatic heterocycles. The smallest absolute Gasteiger partial charge is 0.139 e. The molecule has 1 aromatic heterocycles. The van der Waals surface area contributed by atoms with Crippen molar-refractivity contribution in [3.05, 3.63) is 54.9 Å². The fraction of sp³-hybridized carbons (Fsp3) is 0.364. The van der Waals surface area contributed by atoms with E-state index in [4.69, 9.17) is 0 Å². The van der Waals surface area contributed by atoms with Gasteiger partial charge in [-0.05, 0) is 56.0 Å². The third-order valence-corrected chi connectivity index (χ3v) is 5.71. The molecule has 3 aromatic rings. The molecule has 1 aliphatic carbocycles. The summed E-state index contributed by atoms with van der Waals surface area (Å²) in [7, 11) is 4.25. The predicted molar refractivity (Wildman–Crippen MR) is 108 cm³/mol. The van der Waals surface area contributed by atoms with Gasteiger partial charge in [0.25, 0.3) is 0 Å². The van der Waals surface area contributed by atoms with Crippen LogP contribution in [-0.2, 0) is 0 Å². The highest BCUT2D eigenvalue weighted by atomic mass is 15.2. The highest BCUT2D eigenvalue weighted by molar-refractivity contribution is 5.92. The van der Waals surface area contributed by atoms with Gasteiger partial charge in [-0.1, -0.05) is 36.4 Å². The molecule has 4 rings (SSSR count). The Bertz CT molecular complexity index is 870. The number of rotatable bonds is 4. The highest BCUT2D eigenvalue weighted by Crippen LogP contribution is 2.31. The van der Waals surface area contributed by atoms with E-state index in [9.17, 15) is 0 Å². The normalized spacial score (nSPS) is 20.2. The molecule has 4 heteroatoms. The van der Waals surface area contributed by atoms with Crippen molar-refractivity contribution >= 4 is 16.7 Å². The van der Waals surface area contributed by atoms with Gasteiger partial charge in [-0.25, -0.2) is 9.97 Å². The summed E-state index contributed by atoms with van der Waals surface area (Å²) in [4.78, 5) is 11.5. The average molecular weight is 346 g/mol. The summed E-state index contributed by atoms with van der Waals surface area (Å²) < 4.78 is 0. The van der Waals surface area contributed by atoms with E-state index in [-0.39, 0.29) is 0 Å². The maximum absolute atomic E-state index is 4.66. The molecule has 1 N–H and O–H groups in total. The van der Waals surface area contributed by atoms with Crippen LogP contribution in [0.3, 0.4) is 0 Å². The quantitative estimate of drug-likeness (QED) is 0.766. The van der Waals surface area contributed by atoms with E-state index >= 15 is 0 Å². The van der Waals surface area contributed by atoms with E-state index < -0.39 is 0 Å². The molecule has 1 heterocycles. The van der Waals surface area contributed by atoms with Gasteiger partial charge in [0.1, 0.15) is 12.1 Å². The summed E-state index contributed by atoms with van der Waals surface area (Å²) in [6.45, 7) is 0. The number of fused-ring (bicyclic) bond motifs is 1. The monoisotopic (exact) mass is 346 g/mol. The molecule has 0 saturated heterocycles. The van der Waals surface area contributed by atoms with Gasteiger partial charge in [0.2, 0.25) is 0 Å². The molecule has 2 aromatic carbocycles. The van der Waals surface area contributed by atoms with E-state index in [1.807, 2.05) is 6.07 Å².